The molecule has 2 rings (SSSR count). The molecule has 1 fully saturated rings. The van der Waals surface area contributed by atoms with Crippen LogP contribution in [0.3, 0.4) is 0 Å². The molecule has 0 radical (unpaired) electrons. The molecule has 1 saturated heterocycles. The van der Waals surface area contributed by atoms with Crippen LogP contribution in [0.1, 0.15) is 18.4 Å². The largest absolute Gasteiger partial charge is 0.381 e. The number of anilines is 1. The average molecular weight is 335 g/mol. The lowest BCUT2D eigenvalue weighted by Gasteiger charge is -2.22. The van der Waals surface area contributed by atoms with Gasteiger partial charge in [-0.2, -0.15) is 0 Å². The molecule has 0 unspecified atom stereocenters. The quantitative estimate of drug-likeness (QED) is 0.918. The van der Waals surface area contributed by atoms with E-state index in [0.717, 1.165) is 10.0 Å². The topological polar surface area (TPSA) is 68.3 Å². The Morgan fingerprint density at radius 3 is 2.72 bits per heavy atom. The predicted molar refractivity (Wildman–Crippen MR) is 73.1 cm³/mol. The number of halogens is 1. The molecule has 0 amide bonds. The van der Waals surface area contributed by atoms with Crippen LogP contribution < -0.4 is 4.72 Å². The Morgan fingerprint density at radius 1 is 1.44 bits per heavy atom. The van der Waals surface area contributed by atoms with Gasteiger partial charge in [0.25, 0.3) is 0 Å². The fourth-order valence-corrected chi connectivity index (χ4v) is 3.41. The van der Waals surface area contributed by atoms with Crippen molar-refractivity contribution in [2.45, 2.75) is 25.0 Å². The third-order valence-electron chi connectivity index (χ3n) is 2.90. The molecule has 18 heavy (non-hydrogen) atoms. The number of sulfonamides is 1. The minimum Gasteiger partial charge on any atom is -0.381 e. The van der Waals surface area contributed by atoms with Crippen LogP contribution in [0.2, 0.25) is 0 Å². The monoisotopic (exact) mass is 334 g/mol. The number of hydrogen-bond donors (Lipinski definition) is 1. The minimum absolute atomic E-state index is 0.363. The second-order valence-corrected chi connectivity index (χ2v) is 7.09. The maximum atomic E-state index is 12.1. The standard InChI is InChI=1S/C11H15BrN2O3S/c1-8-6-11(13-7-10(8)12)14-18(15,16)9-2-4-17-5-3-9/h6-7,9H,2-5H2,1H3,(H,13,14). The highest BCUT2D eigenvalue weighted by molar-refractivity contribution is 9.10. The Kier molecular flexibility index (Phi) is 4.24. The van der Waals surface area contributed by atoms with Gasteiger partial charge in [0, 0.05) is 23.9 Å². The van der Waals surface area contributed by atoms with Crippen molar-refractivity contribution in [2.75, 3.05) is 17.9 Å². The van der Waals surface area contributed by atoms with Gasteiger partial charge in [-0.05, 0) is 47.3 Å². The molecule has 0 spiro atoms. The average Bonchev–Trinajstić information content (AvgIpc) is 2.35. The van der Waals surface area contributed by atoms with Gasteiger partial charge >= 0.3 is 0 Å². The number of aryl methyl sites for hydroxylation is 1. The minimum atomic E-state index is -3.37. The second-order valence-electron chi connectivity index (χ2n) is 4.28. The van der Waals surface area contributed by atoms with Crippen LogP contribution in [0.15, 0.2) is 16.7 Å². The third-order valence-corrected chi connectivity index (χ3v) is 5.57. The van der Waals surface area contributed by atoms with Gasteiger partial charge < -0.3 is 4.74 Å². The SMILES string of the molecule is Cc1cc(NS(=O)(=O)C2CCOCC2)ncc1Br. The molecule has 1 N–H and O–H groups in total. The van der Waals surface area contributed by atoms with Gasteiger partial charge in [-0.3, -0.25) is 4.72 Å². The van der Waals surface area contributed by atoms with E-state index in [-0.39, 0.29) is 0 Å². The maximum absolute atomic E-state index is 12.1. The van der Waals surface area contributed by atoms with Crippen LogP contribution in [-0.2, 0) is 14.8 Å². The first-order valence-electron chi connectivity index (χ1n) is 5.70. The summed E-state index contributed by atoms with van der Waals surface area (Å²) >= 11 is 3.33. The van der Waals surface area contributed by atoms with Crippen LogP contribution in [0.5, 0.6) is 0 Å². The Balaban J connectivity index is 2.13. The first-order valence-corrected chi connectivity index (χ1v) is 8.04. The van der Waals surface area contributed by atoms with Crippen LogP contribution in [-0.4, -0.2) is 31.9 Å². The smallest absolute Gasteiger partial charge is 0.236 e. The molecule has 0 bridgehead atoms. The lowest BCUT2D eigenvalue weighted by Crippen LogP contribution is -2.33. The first-order chi connectivity index (χ1) is 8.49. The Bertz CT molecular complexity index is 527. The van der Waals surface area contributed by atoms with Crippen LogP contribution in [0.4, 0.5) is 5.82 Å². The van der Waals surface area contributed by atoms with Crippen molar-refractivity contribution in [1.82, 2.24) is 4.98 Å². The van der Waals surface area contributed by atoms with Crippen molar-refractivity contribution in [2.24, 2.45) is 0 Å². The Hall–Kier alpha value is -0.660. The Labute approximate surface area is 115 Å². The van der Waals surface area contributed by atoms with E-state index in [1.54, 1.807) is 12.3 Å². The van der Waals surface area contributed by atoms with E-state index in [4.69, 9.17) is 4.74 Å². The number of ether oxygens (including phenoxy) is 1. The molecule has 0 aliphatic carbocycles. The zero-order valence-electron chi connectivity index (χ0n) is 10.0. The molecule has 2 heterocycles. The maximum Gasteiger partial charge on any atom is 0.236 e. The Morgan fingerprint density at radius 2 is 2.11 bits per heavy atom. The normalized spacial score (nSPS) is 17.7. The zero-order valence-corrected chi connectivity index (χ0v) is 12.4. The van der Waals surface area contributed by atoms with Crippen molar-refractivity contribution < 1.29 is 13.2 Å². The summed E-state index contributed by atoms with van der Waals surface area (Å²) in [6, 6.07) is 1.71. The van der Waals surface area contributed by atoms with E-state index in [9.17, 15) is 8.42 Å². The molecule has 5 nitrogen and oxygen atoms in total. The first kappa shape index (κ1) is 13.8. The lowest BCUT2D eigenvalue weighted by atomic mass is 10.2. The number of pyridine rings is 1. The fourth-order valence-electron chi connectivity index (χ4n) is 1.81. The van der Waals surface area contributed by atoms with E-state index in [1.807, 2.05) is 6.92 Å². The summed E-state index contributed by atoms with van der Waals surface area (Å²) in [4.78, 5) is 4.05. The lowest BCUT2D eigenvalue weighted by molar-refractivity contribution is 0.0984. The molecule has 1 aromatic rings. The molecule has 1 aliphatic rings. The van der Waals surface area contributed by atoms with Crippen LogP contribution in [0.25, 0.3) is 0 Å². The summed E-state index contributed by atoms with van der Waals surface area (Å²) in [6.45, 7) is 2.88. The molecule has 100 valence electrons. The third kappa shape index (κ3) is 3.21. The highest BCUT2D eigenvalue weighted by atomic mass is 79.9. The summed E-state index contributed by atoms with van der Waals surface area (Å²) < 4.78 is 32.8. The van der Waals surface area contributed by atoms with E-state index in [0.29, 0.717) is 31.9 Å². The fraction of sp³-hybridized carbons (Fsp3) is 0.545. The van der Waals surface area contributed by atoms with Crippen molar-refractivity contribution in [3.63, 3.8) is 0 Å². The summed E-state index contributed by atoms with van der Waals surface area (Å²) in [5.41, 5.74) is 0.940. The van der Waals surface area contributed by atoms with Gasteiger partial charge in [0.05, 0.1) is 5.25 Å². The number of nitrogens with one attached hydrogen (secondary N) is 1. The van der Waals surface area contributed by atoms with Gasteiger partial charge in [0.2, 0.25) is 10.0 Å². The van der Waals surface area contributed by atoms with E-state index in [1.165, 1.54) is 0 Å². The molecule has 0 saturated carbocycles. The molecule has 0 aromatic carbocycles. The molecule has 7 heteroatoms. The van der Waals surface area contributed by atoms with Crippen molar-refractivity contribution in [3.05, 3.63) is 22.3 Å². The van der Waals surface area contributed by atoms with Crippen molar-refractivity contribution in [1.29, 1.82) is 0 Å². The van der Waals surface area contributed by atoms with Crippen LogP contribution >= 0.6 is 15.9 Å². The molecular weight excluding hydrogens is 320 g/mol. The van der Waals surface area contributed by atoms with E-state index < -0.39 is 15.3 Å². The summed E-state index contributed by atoms with van der Waals surface area (Å²) in [6.07, 6.45) is 2.66. The number of rotatable bonds is 3. The summed E-state index contributed by atoms with van der Waals surface area (Å²) in [5.74, 6) is 0.363. The number of nitrogens with zero attached hydrogens (tertiary/aromatic N) is 1. The van der Waals surface area contributed by atoms with Crippen molar-refractivity contribution in [3.8, 4) is 0 Å². The molecule has 1 aliphatic heterocycles. The van der Waals surface area contributed by atoms with Gasteiger partial charge in [-0.1, -0.05) is 0 Å². The number of hydrogen-bond acceptors (Lipinski definition) is 4. The highest BCUT2D eigenvalue weighted by Crippen LogP contribution is 2.21. The van der Waals surface area contributed by atoms with Gasteiger partial charge in [-0.15, -0.1) is 0 Å². The van der Waals surface area contributed by atoms with Gasteiger partial charge in [0.1, 0.15) is 5.82 Å². The molecule has 0 atom stereocenters. The second kappa shape index (κ2) is 5.54. The molecular formula is C11H15BrN2O3S. The van der Waals surface area contributed by atoms with E-state index in [2.05, 4.69) is 25.6 Å². The highest BCUT2D eigenvalue weighted by Gasteiger charge is 2.27. The van der Waals surface area contributed by atoms with Crippen LogP contribution in [0, 0.1) is 6.92 Å². The van der Waals surface area contributed by atoms with E-state index >= 15 is 0 Å². The molecule has 1 aromatic heterocycles. The predicted octanol–water partition coefficient (Wildman–Crippen LogP) is 2.07. The van der Waals surface area contributed by atoms with Gasteiger partial charge in [-0.25, -0.2) is 13.4 Å². The van der Waals surface area contributed by atoms with Gasteiger partial charge in [0.15, 0.2) is 0 Å². The van der Waals surface area contributed by atoms with Crippen molar-refractivity contribution >= 4 is 31.8 Å². The number of aromatic nitrogens is 1. The zero-order chi connectivity index (χ0) is 13.2. The summed E-state index contributed by atoms with van der Waals surface area (Å²) in [5, 5.41) is -0.392. The summed E-state index contributed by atoms with van der Waals surface area (Å²) in [7, 11) is -3.37.